The fourth-order valence-electron chi connectivity index (χ4n) is 5.47. The zero-order chi connectivity index (χ0) is 30.2. The van der Waals surface area contributed by atoms with E-state index in [1.807, 2.05) is 30.3 Å². The Morgan fingerprint density at radius 2 is 1.62 bits per heavy atom. The second-order valence-electron chi connectivity index (χ2n) is 10.9. The molecule has 0 saturated heterocycles. The van der Waals surface area contributed by atoms with Crippen molar-refractivity contribution in [2.45, 2.75) is 70.4 Å². The highest BCUT2D eigenvalue weighted by atomic mass is 16.5. The predicted molar refractivity (Wildman–Crippen MR) is 164 cm³/mol. The van der Waals surface area contributed by atoms with Crippen molar-refractivity contribution in [3.05, 3.63) is 65.7 Å². The lowest BCUT2D eigenvalue weighted by atomic mass is 9.83. The number of nitrogens with one attached hydrogen (secondary N) is 3. The second-order valence-corrected chi connectivity index (χ2v) is 10.9. The molecule has 3 amide bonds. The largest absolute Gasteiger partial charge is 0.492 e. The summed E-state index contributed by atoms with van der Waals surface area (Å²) in [4.78, 5) is 39.6. The SMILES string of the molecule is CCc1ccccc1.CN1C(=O)C(C2CCCCC2)NCCOc2ccccc2CCCNC(=O)CNC(=O)C1CO. The molecule has 2 unspecified atom stereocenters. The number of aryl methyl sites for hydroxylation is 2. The Kier molecular flexibility index (Phi) is 14.3. The minimum absolute atomic E-state index is 0.162. The molecule has 1 heterocycles. The molecule has 0 radical (unpaired) electrons. The number of ether oxygens (including phenoxy) is 1. The number of aliphatic hydroxyl groups excluding tert-OH is 1. The summed E-state index contributed by atoms with van der Waals surface area (Å²) in [7, 11) is 1.53. The van der Waals surface area contributed by atoms with Gasteiger partial charge < -0.3 is 30.7 Å². The first kappa shape index (κ1) is 33.1. The molecule has 1 aliphatic heterocycles. The monoisotopic (exact) mass is 580 g/mol. The van der Waals surface area contributed by atoms with Gasteiger partial charge >= 0.3 is 0 Å². The minimum Gasteiger partial charge on any atom is -0.492 e. The fraction of sp³-hybridized carbons (Fsp3) is 0.545. The summed E-state index contributed by atoms with van der Waals surface area (Å²) in [6.45, 7) is 2.79. The van der Waals surface area contributed by atoms with Crippen LogP contribution in [0.15, 0.2) is 54.6 Å². The third kappa shape index (κ3) is 10.4. The number of nitrogens with zero attached hydrogens (tertiary/aromatic N) is 1. The zero-order valence-electron chi connectivity index (χ0n) is 25.1. The maximum Gasteiger partial charge on any atom is 0.245 e. The number of benzene rings is 2. The highest BCUT2D eigenvalue weighted by molar-refractivity contribution is 5.92. The van der Waals surface area contributed by atoms with Gasteiger partial charge in [-0.2, -0.15) is 0 Å². The van der Waals surface area contributed by atoms with Crippen LogP contribution in [0.3, 0.4) is 0 Å². The van der Waals surface area contributed by atoms with Crippen molar-refractivity contribution in [3.8, 4) is 5.75 Å². The van der Waals surface area contributed by atoms with Gasteiger partial charge in [-0.1, -0.05) is 74.7 Å². The summed E-state index contributed by atoms with van der Waals surface area (Å²) in [5.41, 5.74) is 2.48. The molecule has 2 atom stereocenters. The van der Waals surface area contributed by atoms with Crippen molar-refractivity contribution in [1.29, 1.82) is 0 Å². The Hall–Kier alpha value is -3.43. The van der Waals surface area contributed by atoms with Crippen LogP contribution in [0.25, 0.3) is 0 Å². The summed E-state index contributed by atoms with van der Waals surface area (Å²) in [5, 5.41) is 18.6. The predicted octanol–water partition coefficient (Wildman–Crippen LogP) is 2.85. The average Bonchev–Trinajstić information content (AvgIpc) is 3.03. The average molecular weight is 581 g/mol. The molecule has 1 saturated carbocycles. The molecule has 2 aliphatic rings. The molecule has 4 rings (SSSR count). The number of carbonyl (C=O) groups is 3. The van der Waals surface area contributed by atoms with Gasteiger partial charge in [0.25, 0.3) is 0 Å². The van der Waals surface area contributed by atoms with E-state index in [2.05, 4.69) is 47.1 Å². The summed E-state index contributed by atoms with van der Waals surface area (Å²) >= 11 is 0. The Bertz CT molecular complexity index is 1110. The molecule has 1 aliphatic carbocycles. The molecule has 0 bridgehead atoms. The first-order valence-electron chi connectivity index (χ1n) is 15.3. The van der Waals surface area contributed by atoms with Crippen LogP contribution < -0.4 is 20.7 Å². The van der Waals surface area contributed by atoms with Crippen molar-refractivity contribution in [2.24, 2.45) is 5.92 Å². The van der Waals surface area contributed by atoms with E-state index in [0.29, 0.717) is 19.7 Å². The van der Waals surface area contributed by atoms with Gasteiger partial charge in [-0.25, -0.2) is 0 Å². The standard InChI is InChI=1S/C25H38N4O5.C8H10/c1-29-20(17-30)24(32)28-16-22(31)26-13-7-11-18-8-5-6-12-21(18)34-15-14-27-23(25(29)33)19-9-3-2-4-10-19;1-2-8-6-4-3-5-7-8/h5-6,8,12,19-20,23,27,30H,2-4,7,9-11,13-17H2,1H3,(H,26,31)(H,28,32);3-7H,2H2,1H3. The van der Waals surface area contributed by atoms with Gasteiger partial charge in [0, 0.05) is 20.1 Å². The van der Waals surface area contributed by atoms with Crippen LogP contribution in [-0.2, 0) is 27.2 Å². The summed E-state index contributed by atoms with van der Waals surface area (Å²) in [6, 6.07) is 16.8. The molecule has 42 heavy (non-hydrogen) atoms. The molecular formula is C33H48N4O5. The lowest BCUT2D eigenvalue weighted by Crippen LogP contribution is -2.57. The third-order valence-corrected chi connectivity index (χ3v) is 7.99. The molecule has 4 N–H and O–H groups in total. The van der Waals surface area contributed by atoms with Gasteiger partial charge in [0.1, 0.15) is 18.4 Å². The van der Waals surface area contributed by atoms with Gasteiger partial charge in [-0.15, -0.1) is 0 Å². The topological polar surface area (TPSA) is 120 Å². The van der Waals surface area contributed by atoms with E-state index in [1.165, 1.54) is 17.5 Å². The lowest BCUT2D eigenvalue weighted by Gasteiger charge is -2.35. The molecule has 1 fully saturated rings. The summed E-state index contributed by atoms with van der Waals surface area (Å²) in [5.74, 6) is -0.121. The first-order chi connectivity index (χ1) is 20.4. The van der Waals surface area contributed by atoms with Crippen LogP contribution in [0.1, 0.15) is 56.6 Å². The van der Waals surface area contributed by atoms with Gasteiger partial charge in [0.15, 0.2) is 0 Å². The first-order valence-corrected chi connectivity index (χ1v) is 15.3. The maximum atomic E-state index is 13.5. The van der Waals surface area contributed by atoms with Gasteiger partial charge in [0.05, 0.1) is 19.2 Å². The number of amides is 3. The smallest absolute Gasteiger partial charge is 0.245 e. The molecule has 2 aromatic rings. The van der Waals surface area contributed by atoms with Crippen LogP contribution >= 0.6 is 0 Å². The molecule has 230 valence electrons. The Balaban J connectivity index is 0.000000521. The number of para-hydroxylation sites is 1. The summed E-state index contributed by atoms with van der Waals surface area (Å²) < 4.78 is 6.03. The van der Waals surface area contributed by atoms with Crippen LogP contribution in [0.5, 0.6) is 5.75 Å². The van der Waals surface area contributed by atoms with Crippen LogP contribution in [0.2, 0.25) is 0 Å². The molecule has 9 nitrogen and oxygen atoms in total. The quantitative estimate of drug-likeness (QED) is 0.443. The van der Waals surface area contributed by atoms with E-state index in [9.17, 15) is 19.5 Å². The van der Waals surface area contributed by atoms with Gasteiger partial charge in [0.2, 0.25) is 17.7 Å². The molecular weight excluding hydrogens is 532 g/mol. The number of likely N-dealkylation sites (N-methyl/N-ethyl adjacent to an activating group) is 1. The Morgan fingerprint density at radius 1 is 0.905 bits per heavy atom. The van der Waals surface area contributed by atoms with Crippen LogP contribution in [0, 0.1) is 5.92 Å². The Morgan fingerprint density at radius 3 is 2.31 bits per heavy atom. The number of aliphatic hydroxyl groups is 1. The van der Waals surface area contributed by atoms with Gasteiger partial charge in [-0.3, -0.25) is 14.4 Å². The van der Waals surface area contributed by atoms with E-state index in [4.69, 9.17) is 4.74 Å². The van der Waals surface area contributed by atoms with E-state index in [0.717, 1.165) is 62.7 Å². The normalized spacial score (nSPS) is 21.8. The van der Waals surface area contributed by atoms with Crippen molar-refractivity contribution in [2.75, 3.05) is 39.9 Å². The maximum absolute atomic E-state index is 13.5. The summed E-state index contributed by atoms with van der Waals surface area (Å²) in [6.07, 6.45) is 7.81. The number of carbonyl (C=O) groups excluding carboxylic acids is 3. The lowest BCUT2D eigenvalue weighted by molar-refractivity contribution is -0.143. The van der Waals surface area contributed by atoms with Crippen molar-refractivity contribution in [1.82, 2.24) is 20.9 Å². The second kappa shape index (κ2) is 18.2. The molecule has 0 spiro atoms. The van der Waals surface area contributed by atoms with E-state index in [1.54, 1.807) is 0 Å². The van der Waals surface area contributed by atoms with E-state index in [-0.39, 0.29) is 24.3 Å². The third-order valence-electron chi connectivity index (χ3n) is 7.99. The van der Waals surface area contributed by atoms with Crippen molar-refractivity contribution >= 4 is 17.7 Å². The van der Waals surface area contributed by atoms with E-state index < -0.39 is 24.6 Å². The molecule has 0 aromatic heterocycles. The Labute approximate surface area is 250 Å². The van der Waals surface area contributed by atoms with E-state index >= 15 is 0 Å². The highest BCUT2D eigenvalue weighted by Crippen LogP contribution is 2.28. The molecule has 2 aromatic carbocycles. The zero-order valence-corrected chi connectivity index (χ0v) is 25.1. The number of hydrogen-bond donors (Lipinski definition) is 4. The number of fused-ring (bicyclic) bond motifs is 1. The van der Waals surface area contributed by atoms with Crippen molar-refractivity contribution < 1.29 is 24.2 Å². The number of rotatable bonds is 3. The van der Waals surface area contributed by atoms with Crippen LogP contribution in [-0.4, -0.2) is 79.7 Å². The van der Waals surface area contributed by atoms with Crippen molar-refractivity contribution in [3.63, 3.8) is 0 Å². The number of hydrogen-bond acceptors (Lipinski definition) is 6. The van der Waals surface area contributed by atoms with Crippen LogP contribution in [0.4, 0.5) is 0 Å². The highest BCUT2D eigenvalue weighted by Gasteiger charge is 2.35. The van der Waals surface area contributed by atoms with Gasteiger partial charge in [-0.05, 0) is 55.2 Å². The minimum atomic E-state index is -1.06. The molecule has 9 heteroatoms. The fourth-order valence-corrected chi connectivity index (χ4v) is 5.47.